The number of nitrogens with one attached hydrogen (secondary N) is 5. The van der Waals surface area contributed by atoms with E-state index >= 15 is 0 Å². The number of amides is 1. The Bertz CT molecular complexity index is 910. The molecule has 0 spiro atoms. The molecule has 5 rings (SSSR count). The maximum Gasteiger partial charge on any atom is 0.223 e. The number of morpholine rings is 1. The van der Waals surface area contributed by atoms with Gasteiger partial charge in [-0.15, -0.1) is 0 Å². The van der Waals surface area contributed by atoms with Gasteiger partial charge in [0.1, 0.15) is 6.29 Å². The van der Waals surface area contributed by atoms with Crippen LogP contribution in [-0.2, 0) is 19.4 Å². The molecule has 5 N–H and O–H groups in total. The van der Waals surface area contributed by atoms with E-state index in [1.807, 2.05) is 0 Å². The highest BCUT2D eigenvalue weighted by Crippen LogP contribution is 2.33. The third-order valence-corrected chi connectivity index (χ3v) is 11.8. The van der Waals surface area contributed by atoms with E-state index in [1.165, 1.54) is 19.1 Å². The van der Waals surface area contributed by atoms with Gasteiger partial charge in [0.2, 0.25) is 5.91 Å². The molecule has 3 aliphatic heterocycles. The van der Waals surface area contributed by atoms with E-state index in [-0.39, 0.29) is 30.2 Å². The number of hydrogen-bond donors (Lipinski definition) is 5. The highest BCUT2D eigenvalue weighted by Gasteiger charge is 2.43. The number of rotatable bonds is 7. The van der Waals surface area contributed by atoms with E-state index in [0.717, 1.165) is 71.2 Å². The van der Waals surface area contributed by atoms with Crippen LogP contribution in [0.4, 0.5) is 0 Å². The summed E-state index contributed by atoms with van der Waals surface area (Å²) in [6.07, 6.45) is 10.0. The smallest absolute Gasteiger partial charge is 0.223 e. The van der Waals surface area contributed by atoms with Gasteiger partial charge in [-0.3, -0.25) is 25.6 Å². The van der Waals surface area contributed by atoms with Gasteiger partial charge in [0, 0.05) is 49.4 Å². The van der Waals surface area contributed by atoms with Crippen LogP contribution in [0.25, 0.3) is 0 Å². The molecule has 0 radical (unpaired) electrons. The molecule has 3 saturated heterocycles. The first kappa shape index (κ1) is 29.7. The van der Waals surface area contributed by atoms with Crippen molar-refractivity contribution in [3.05, 3.63) is 0 Å². The number of sulfone groups is 1. The lowest BCUT2D eigenvalue weighted by Gasteiger charge is -2.44. The van der Waals surface area contributed by atoms with Crippen molar-refractivity contribution in [3.63, 3.8) is 0 Å². The Morgan fingerprint density at radius 2 is 1.82 bits per heavy atom. The van der Waals surface area contributed by atoms with Crippen molar-refractivity contribution < 1.29 is 17.9 Å². The van der Waals surface area contributed by atoms with Crippen molar-refractivity contribution in [2.45, 2.75) is 100 Å². The van der Waals surface area contributed by atoms with Crippen LogP contribution in [0.2, 0.25) is 0 Å². The summed E-state index contributed by atoms with van der Waals surface area (Å²) in [5.74, 6) is 1.03. The predicted molar refractivity (Wildman–Crippen MR) is 153 cm³/mol. The van der Waals surface area contributed by atoms with E-state index in [9.17, 15) is 13.2 Å². The van der Waals surface area contributed by atoms with Gasteiger partial charge in [-0.25, -0.2) is 8.42 Å². The van der Waals surface area contributed by atoms with E-state index in [4.69, 9.17) is 4.74 Å². The molecule has 11 heteroatoms. The molecule has 10 nitrogen and oxygen atoms in total. The van der Waals surface area contributed by atoms with Gasteiger partial charge in [-0.05, 0) is 89.3 Å². The van der Waals surface area contributed by atoms with Crippen LogP contribution in [0, 0.1) is 17.8 Å². The molecular weight excluding hydrogens is 516 g/mol. The van der Waals surface area contributed by atoms with Crippen LogP contribution < -0.4 is 26.6 Å². The molecule has 1 amide bonds. The minimum Gasteiger partial charge on any atom is -0.379 e. The topological polar surface area (TPSA) is 124 Å². The molecule has 0 aromatic heterocycles. The van der Waals surface area contributed by atoms with E-state index < -0.39 is 15.1 Å². The van der Waals surface area contributed by atoms with Crippen LogP contribution >= 0.6 is 0 Å². The summed E-state index contributed by atoms with van der Waals surface area (Å²) in [5, 5.41) is 17.7. The molecule has 3 heterocycles. The number of ether oxygens (including phenoxy) is 1. The summed E-state index contributed by atoms with van der Waals surface area (Å²) >= 11 is 0. The lowest BCUT2D eigenvalue weighted by Crippen LogP contribution is -2.66. The third-order valence-electron chi connectivity index (χ3n) is 10.2. The van der Waals surface area contributed by atoms with Crippen LogP contribution in [0.5, 0.6) is 0 Å². The fraction of sp³-hybridized carbons (Fsp3) is 0.964. The van der Waals surface area contributed by atoms with Crippen molar-refractivity contribution in [3.8, 4) is 0 Å². The summed E-state index contributed by atoms with van der Waals surface area (Å²) in [4.78, 5) is 15.7. The molecule has 0 aromatic rings. The van der Waals surface area contributed by atoms with E-state index in [1.54, 1.807) is 0 Å². The zero-order chi connectivity index (χ0) is 27.4. The molecule has 2 aliphatic carbocycles. The molecule has 39 heavy (non-hydrogen) atoms. The fourth-order valence-electron chi connectivity index (χ4n) is 7.80. The summed E-state index contributed by atoms with van der Waals surface area (Å²) in [7, 11) is -3.26. The van der Waals surface area contributed by atoms with Gasteiger partial charge in [-0.1, -0.05) is 6.92 Å². The zero-order valence-electron chi connectivity index (χ0n) is 24.0. The van der Waals surface area contributed by atoms with Crippen LogP contribution in [-0.4, -0.2) is 107 Å². The van der Waals surface area contributed by atoms with Gasteiger partial charge >= 0.3 is 0 Å². The number of hydrogen-bond acceptors (Lipinski definition) is 9. The average Bonchev–Trinajstić information content (AvgIpc) is 2.95. The minimum atomic E-state index is -3.26. The highest BCUT2D eigenvalue weighted by molar-refractivity contribution is 7.91. The Hall–Kier alpha value is -0.820. The predicted octanol–water partition coefficient (Wildman–Crippen LogP) is 0.398. The molecule has 5 aliphatic rings. The van der Waals surface area contributed by atoms with Gasteiger partial charge in [-0.2, -0.15) is 0 Å². The molecule has 9 atom stereocenters. The second-order valence-corrected chi connectivity index (χ2v) is 15.2. The molecule has 2 saturated carbocycles. The van der Waals surface area contributed by atoms with Gasteiger partial charge in [0.05, 0.1) is 18.5 Å². The molecule has 224 valence electrons. The SMILES string of the molecule is CC1CCC(NC(=O)C2CCC(N3CCOCC3)C(S(C)(=O)=O)C2)CC1NC1NCCC(C2CCCNC2)N1. The lowest BCUT2D eigenvalue weighted by atomic mass is 9.81. The number of carbonyl (C=O) groups excluding carboxylic acids is 1. The van der Waals surface area contributed by atoms with Crippen molar-refractivity contribution in [1.82, 2.24) is 31.5 Å². The second kappa shape index (κ2) is 13.4. The average molecular weight is 569 g/mol. The van der Waals surface area contributed by atoms with Crippen molar-refractivity contribution in [2.75, 3.05) is 52.2 Å². The first-order chi connectivity index (χ1) is 18.8. The van der Waals surface area contributed by atoms with Crippen molar-refractivity contribution >= 4 is 15.7 Å². The highest BCUT2D eigenvalue weighted by atomic mass is 32.2. The Kier molecular flexibility index (Phi) is 10.2. The lowest BCUT2D eigenvalue weighted by molar-refractivity contribution is -0.127. The number of piperidine rings is 1. The van der Waals surface area contributed by atoms with E-state index in [0.29, 0.717) is 43.6 Å². The Balaban J connectivity index is 1.13. The van der Waals surface area contributed by atoms with Crippen molar-refractivity contribution in [1.29, 1.82) is 0 Å². The maximum atomic E-state index is 13.4. The molecule has 0 bridgehead atoms. The van der Waals surface area contributed by atoms with Crippen LogP contribution in [0.3, 0.4) is 0 Å². The number of nitrogens with zero attached hydrogens (tertiary/aromatic N) is 1. The summed E-state index contributed by atoms with van der Waals surface area (Å²) in [6, 6.07) is 0.960. The molecule has 5 fully saturated rings. The van der Waals surface area contributed by atoms with Crippen LogP contribution in [0.1, 0.15) is 64.7 Å². The minimum absolute atomic E-state index is 0.0132. The van der Waals surface area contributed by atoms with Crippen LogP contribution in [0.15, 0.2) is 0 Å². The molecular formula is C28H52N6O4S. The first-order valence-electron chi connectivity index (χ1n) is 15.5. The maximum absolute atomic E-state index is 13.4. The quantitative estimate of drug-likeness (QED) is 0.297. The van der Waals surface area contributed by atoms with E-state index in [2.05, 4.69) is 38.4 Å². The summed E-state index contributed by atoms with van der Waals surface area (Å²) in [5.41, 5.74) is 0. The van der Waals surface area contributed by atoms with Gasteiger partial charge in [0.25, 0.3) is 0 Å². The zero-order valence-corrected chi connectivity index (χ0v) is 24.8. The Morgan fingerprint density at radius 3 is 2.56 bits per heavy atom. The van der Waals surface area contributed by atoms with Gasteiger partial charge < -0.3 is 15.4 Å². The normalized spacial score (nSPS) is 41.1. The Morgan fingerprint density at radius 1 is 1.00 bits per heavy atom. The van der Waals surface area contributed by atoms with Crippen molar-refractivity contribution in [2.24, 2.45) is 17.8 Å². The van der Waals surface area contributed by atoms with Gasteiger partial charge in [0.15, 0.2) is 9.84 Å². The standard InChI is InChI=1S/C28H52N6O4S/c1-19-5-7-22(17-24(19)33-28-30-11-9-23(32-28)21-4-3-10-29-18-21)31-27(35)20-6-8-25(26(16-20)39(2,36)37)34-12-14-38-15-13-34/h19-26,28-30,32-33H,3-18H2,1-2H3,(H,31,35). The molecule has 9 unspecified atom stereocenters. The third kappa shape index (κ3) is 7.72. The first-order valence-corrected chi connectivity index (χ1v) is 17.5. The largest absolute Gasteiger partial charge is 0.379 e. The monoisotopic (exact) mass is 568 g/mol. The summed E-state index contributed by atoms with van der Waals surface area (Å²) < 4.78 is 31.0. The second-order valence-electron chi connectivity index (χ2n) is 12.9. The summed E-state index contributed by atoms with van der Waals surface area (Å²) in [6.45, 7) is 8.41. The number of carbonyl (C=O) groups is 1. The molecule has 0 aromatic carbocycles. The Labute approximate surface area is 235 Å². The fourth-order valence-corrected chi connectivity index (χ4v) is 9.26.